The van der Waals surface area contributed by atoms with Crippen LogP contribution in [0.15, 0.2) is 54.6 Å². The quantitative estimate of drug-likeness (QED) is 0.656. The molecular formula is C20H26N2O2. The first-order valence-electron chi connectivity index (χ1n) is 8.55. The van der Waals surface area contributed by atoms with Gasteiger partial charge in [0.05, 0.1) is 6.61 Å². The van der Waals surface area contributed by atoms with E-state index in [4.69, 9.17) is 4.74 Å². The minimum absolute atomic E-state index is 0.0847. The molecule has 0 bridgehead atoms. The minimum Gasteiger partial charge on any atom is -0.494 e. The van der Waals surface area contributed by atoms with Crippen LogP contribution >= 0.6 is 0 Å². The highest BCUT2D eigenvalue weighted by atomic mass is 16.5. The molecule has 0 saturated heterocycles. The van der Waals surface area contributed by atoms with Gasteiger partial charge in [-0.1, -0.05) is 30.3 Å². The highest BCUT2D eigenvalue weighted by Crippen LogP contribution is 2.15. The van der Waals surface area contributed by atoms with E-state index in [1.165, 1.54) is 5.56 Å². The van der Waals surface area contributed by atoms with Crippen molar-refractivity contribution in [3.8, 4) is 5.75 Å². The molecule has 0 spiro atoms. The number of hydrogen-bond donors (Lipinski definition) is 2. The largest absolute Gasteiger partial charge is 0.494 e. The molecule has 2 aromatic carbocycles. The minimum atomic E-state index is 0.0847. The van der Waals surface area contributed by atoms with Crippen LogP contribution in [0.1, 0.15) is 25.3 Å². The van der Waals surface area contributed by atoms with Gasteiger partial charge in [-0.25, -0.2) is 0 Å². The predicted octanol–water partition coefficient (Wildman–Crippen LogP) is 3.64. The highest BCUT2D eigenvalue weighted by molar-refractivity contribution is 5.76. The summed E-state index contributed by atoms with van der Waals surface area (Å²) in [7, 11) is 0. The van der Waals surface area contributed by atoms with Crippen LogP contribution in [0.2, 0.25) is 0 Å². The Labute approximate surface area is 144 Å². The molecule has 0 saturated carbocycles. The number of amides is 1. The van der Waals surface area contributed by atoms with E-state index in [-0.39, 0.29) is 5.91 Å². The maximum atomic E-state index is 11.8. The smallest absolute Gasteiger partial charge is 0.221 e. The standard InChI is InChI=1S/C20H26N2O2/c1-2-24-19-12-10-18(11-13-19)21-16-14-20(23)22-15-6-9-17-7-4-3-5-8-17/h3-5,7-8,10-13,21H,2,6,9,14-16H2,1H3,(H,22,23). The molecule has 2 rings (SSSR count). The fourth-order valence-corrected chi connectivity index (χ4v) is 2.41. The topological polar surface area (TPSA) is 50.4 Å². The molecule has 0 atom stereocenters. The molecule has 1 amide bonds. The molecular weight excluding hydrogens is 300 g/mol. The van der Waals surface area contributed by atoms with Gasteiger partial charge in [-0.3, -0.25) is 4.79 Å². The predicted molar refractivity (Wildman–Crippen MR) is 98.5 cm³/mol. The Bertz CT molecular complexity index is 597. The molecule has 0 aliphatic rings. The van der Waals surface area contributed by atoms with Crippen molar-refractivity contribution in [2.24, 2.45) is 0 Å². The van der Waals surface area contributed by atoms with Crippen molar-refractivity contribution >= 4 is 11.6 Å². The second-order valence-corrected chi connectivity index (χ2v) is 5.57. The zero-order valence-corrected chi connectivity index (χ0v) is 14.3. The van der Waals surface area contributed by atoms with E-state index in [0.29, 0.717) is 19.6 Å². The summed E-state index contributed by atoms with van der Waals surface area (Å²) in [6.45, 7) is 3.97. The Morgan fingerprint density at radius 3 is 2.46 bits per heavy atom. The first-order chi connectivity index (χ1) is 11.8. The zero-order chi connectivity index (χ0) is 17.0. The Hall–Kier alpha value is -2.49. The number of carbonyl (C=O) groups is 1. The number of carbonyl (C=O) groups excluding carboxylic acids is 1. The number of benzene rings is 2. The highest BCUT2D eigenvalue weighted by Gasteiger charge is 2.01. The van der Waals surface area contributed by atoms with Gasteiger partial charge in [-0.15, -0.1) is 0 Å². The number of nitrogens with one attached hydrogen (secondary N) is 2. The van der Waals surface area contributed by atoms with Crippen LogP contribution < -0.4 is 15.4 Å². The van der Waals surface area contributed by atoms with Gasteiger partial charge in [0.25, 0.3) is 0 Å². The summed E-state index contributed by atoms with van der Waals surface area (Å²) < 4.78 is 5.40. The Morgan fingerprint density at radius 1 is 1.00 bits per heavy atom. The van der Waals surface area contributed by atoms with Crippen LogP contribution in [0.3, 0.4) is 0 Å². The van der Waals surface area contributed by atoms with E-state index in [1.807, 2.05) is 49.4 Å². The van der Waals surface area contributed by atoms with E-state index in [1.54, 1.807) is 0 Å². The molecule has 0 aliphatic carbocycles. The van der Waals surface area contributed by atoms with Crippen molar-refractivity contribution in [3.05, 3.63) is 60.2 Å². The van der Waals surface area contributed by atoms with Crippen molar-refractivity contribution in [2.45, 2.75) is 26.2 Å². The molecule has 2 aromatic rings. The summed E-state index contributed by atoms with van der Waals surface area (Å²) in [5, 5.41) is 6.21. The first kappa shape index (κ1) is 17.9. The Balaban J connectivity index is 1.56. The summed E-state index contributed by atoms with van der Waals surface area (Å²) in [4.78, 5) is 11.8. The first-order valence-corrected chi connectivity index (χ1v) is 8.55. The van der Waals surface area contributed by atoms with Gasteiger partial charge < -0.3 is 15.4 Å². The summed E-state index contributed by atoms with van der Waals surface area (Å²) >= 11 is 0. The third kappa shape index (κ3) is 6.73. The fourth-order valence-electron chi connectivity index (χ4n) is 2.41. The van der Waals surface area contributed by atoms with Crippen molar-refractivity contribution in [1.82, 2.24) is 5.32 Å². The molecule has 0 aliphatic heterocycles. The lowest BCUT2D eigenvalue weighted by Gasteiger charge is -2.09. The fraction of sp³-hybridized carbons (Fsp3) is 0.350. The molecule has 0 fully saturated rings. The van der Waals surface area contributed by atoms with E-state index >= 15 is 0 Å². The van der Waals surface area contributed by atoms with Crippen LogP contribution in [0, 0.1) is 0 Å². The van der Waals surface area contributed by atoms with Crippen LogP contribution in [-0.4, -0.2) is 25.6 Å². The summed E-state index contributed by atoms with van der Waals surface area (Å²) in [6.07, 6.45) is 2.42. The van der Waals surface area contributed by atoms with Crippen molar-refractivity contribution in [3.63, 3.8) is 0 Å². The number of anilines is 1. The van der Waals surface area contributed by atoms with Gasteiger partial charge in [0, 0.05) is 25.2 Å². The van der Waals surface area contributed by atoms with Gasteiger partial charge in [0.15, 0.2) is 0 Å². The SMILES string of the molecule is CCOc1ccc(NCCC(=O)NCCCc2ccccc2)cc1. The zero-order valence-electron chi connectivity index (χ0n) is 14.3. The van der Waals surface area contributed by atoms with E-state index in [2.05, 4.69) is 22.8 Å². The molecule has 4 heteroatoms. The third-order valence-corrected chi connectivity index (χ3v) is 3.65. The number of ether oxygens (including phenoxy) is 1. The molecule has 128 valence electrons. The van der Waals surface area contributed by atoms with Gasteiger partial charge in [-0.05, 0) is 49.6 Å². The summed E-state index contributed by atoms with van der Waals surface area (Å²) in [6, 6.07) is 18.1. The lowest BCUT2D eigenvalue weighted by atomic mass is 10.1. The van der Waals surface area contributed by atoms with Crippen molar-refractivity contribution < 1.29 is 9.53 Å². The molecule has 0 radical (unpaired) electrons. The van der Waals surface area contributed by atoms with Gasteiger partial charge in [0.1, 0.15) is 5.75 Å². The van der Waals surface area contributed by atoms with Crippen molar-refractivity contribution in [2.75, 3.05) is 25.0 Å². The van der Waals surface area contributed by atoms with Gasteiger partial charge >= 0.3 is 0 Å². The lowest BCUT2D eigenvalue weighted by Crippen LogP contribution is -2.26. The van der Waals surface area contributed by atoms with E-state index in [9.17, 15) is 4.79 Å². The molecule has 4 nitrogen and oxygen atoms in total. The van der Waals surface area contributed by atoms with Crippen LogP contribution in [0.5, 0.6) is 5.75 Å². The summed E-state index contributed by atoms with van der Waals surface area (Å²) in [5.74, 6) is 0.945. The molecule has 24 heavy (non-hydrogen) atoms. The molecule has 2 N–H and O–H groups in total. The van der Waals surface area contributed by atoms with Crippen LogP contribution in [0.25, 0.3) is 0 Å². The van der Waals surface area contributed by atoms with Crippen LogP contribution in [0.4, 0.5) is 5.69 Å². The maximum Gasteiger partial charge on any atom is 0.221 e. The summed E-state index contributed by atoms with van der Waals surface area (Å²) in [5.41, 5.74) is 2.30. The van der Waals surface area contributed by atoms with E-state index < -0.39 is 0 Å². The number of aryl methyl sites for hydroxylation is 1. The lowest BCUT2D eigenvalue weighted by molar-refractivity contribution is -0.120. The van der Waals surface area contributed by atoms with Crippen LogP contribution in [-0.2, 0) is 11.2 Å². The number of hydrogen-bond acceptors (Lipinski definition) is 3. The second-order valence-electron chi connectivity index (χ2n) is 5.57. The van der Waals surface area contributed by atoms with Gasteiger partial charge in [0.2, 0.25) is 5.91 Å². The Morgan fingerprint density at radius 2 is 1.75 bits per heavy atom. The maximum absolute atomic E-state index is 11.8. The second kappa shape index (κ2) is 10.3. The molecule has 0 heterocycles. The molecule has 0 unspecified atom stereocenters. The third-order valence-electron chi connectivity index (χ3n) is 3.65. The molecule has 0 aromatic heterocycles. The van der Waals surface area contributed by atoms with Crippen molar-refractivity contribution in [1.29, 1.82) is 0 Å². The van der Waals surface area contributed by atoms with E-state index in [0.717, 1.165) is 30.8 Å². The normalized spacial score (nSPS) is 10.2. The number of rotatable bonds is 10. The monoisotopic (exact) mass is 326 g/mol. The Kier molecular flexibility index (Phi) is 7.68. The van der Waals surface area contributed by atoms with Gasteiger partial charge in [-0.2, -0.15) is 0 Å². The average molecular weight is 326 g/mol. The average Bonchev–Trinajstić information content (AvgIpc) is 2.61.